The quantitative estimate of drug-likeness (QED) is 0.440. The van der Waals surface area contributed by atoms with Crippen molar-refractivity contribution in [2.24, 2.45) is 0 Å². The van der Waals surface area contributed by atoms with Gasteiger partial charge in [0.05, 0.1) is 31.9 Å². The molecule has 9 heteroatoms. The average molecular weight is 390 g/mol. The van der Waals surface area contributed by atoms with E-state index < -0.39 is 18.0 Å². The van der Waals surface area contributed by atoms with Gasteiger partial charge in [-0.25, -0.2) is 14.6 Å². The molecule has 1 aromatic heterocycles. The molecule has 0 spiro atoms. The predicted molar refractivity (Wildman–Crippen MR) is 99.0 cm³/mol. The number of anilines is 1. The minimum atomic E-state index is -0.669. The molecule has 27 heavy (non-hydrogen) atoms. The summed E-state index contributed by atoms with van der Waals surface area (Å²) < 4.78 is 14.4. The predicted octanol–water partition coefficient (Wildman–Crippen LogP) is 3.01. The summed E-state index contributed by atoms with van der Waals surface area (Å²) in [6.45, 7) is 0.122. The first-order valence-electron chi connectivity index (χ1n) is 7.82. The van der Waals surface area contributed by atoms with E-state index in [2.05, 4.69) is 15.0 Å². The van der Waals surface area contributed by atoms with Crippen molar-refractivity contribution >= 4 is 40.1 Å². The zero-order chi connectivity index (χ0) is 19.6. The summed E-state index contributed by atoms with van der Waals surface area (Å²) >= 11 is 1.11. The highest BCUT2D eigenvalue weighted by molar-refractivity contribution is 7.14. The lowest BCUT2D eigenvalue weighted by molar-refractivity contribution is -0.139. The fraction of sp³-hybridized carbons (Fsp3) is 0.222. The standard InChI is InChI=1S/C18H18N2O6S/c1-24-15(21)9-8-13(16(22)25-2)14-11-27-17(19-14)20-18(23)26-10-12-6-4-3-5-7-12/h3-8,11H,9-10H2,1-2H3,(H,19,20,23)/b13-8-. The number of carbonyl (C=O) groups is 3. The van der Waals surface area contributed by atoms with Gasteiger partial charge >= 0.3 is 18.0 Å². The van der Waals surface area contributed by atoms with E-state index in [1.54, 1.807) is 5.38 Å². The van der Waals surface area contributed by atoms with Crippen LogP contribution in [0.1, 0.15) is 17.7 Å². The summed E-state index contributed by atoms with van der Waals surface area (Å²) in [7, 11) is 2.47. The fourth-order valence-electron chi connectivity index (χ4n) is 1.97. The fourth-order valence-corrected chi connectivity index (χ4v) is 2.67. The number of esters is 2. The van der Waals surface area contributed by atoms with Gasteiger partial charge in [0.25, 0.3) is 0 Å². The number of hydrogen-bond donors (Lipinski definition) is 1. The number of nitrogens with zero attached hydrogens (tertiary/aromatic N) is 1. The molecule has 1 amide bonds. The van der Waals surface area contributed by atoms with E-state index >= 15 is 0 Å². The number of hydrogen-bond acceptors (Lipinski definition) is 8. The normalized spacial score (nSPS) is 10.8. The van der Waals surface area contributed by atoms with Gasteiger partial charge in [-0.3, -0.25) is 10.1 Å². The molecule has 0 fully saturated rings. The highest BCUT2D eigenvalue weighted by Gasteiger charge is 2.17. The number of amides is 1. The Kier molecular flexibility index (Phi) is 7.50. The van der Waals surface area contributed by atoms with E-state index in [4.69, 9.17) is 9.47 Å². The molecule has 0 aliphatic heterocycles. The van der Waals surface area contributed by atoms with Gasteiger partial charge in [0.2, 0.25) is 0 Å². The van der Waals surface area contributed by atoms with Gasteiger partial charge in [0.1, 0.15) is 6.61 Å². The summed E-state index contributed by atoms with van der Waals surface area (Å²) in [5.74, 6) is -1.16. The third kappa shape index (κ3) is 6.23. The molecule has 0 aliphatic carbocycles. The third-order valence-corrected chi connectivity index (χ3v) is 4.07. The first-order chi connectivity index (χ1) is 13.0. The second-order valence-electron chi connectivity index (χ2n) is 5.11. The molecule has 0 atom stereocenters. The van der Waals surface area contributed by atoms with E-state index in [-0.39, 0.29) is 29.4 Å². The van der Waals surface area contributed by atoms with Crippen molar-refractivity contribution in [3.8, 4) is 0 Å². The van der Waals surface area contributed by atoms with Crippen LogP contribution in [0.4, 0.5) is 9.93 Å². The molecule has 0 saturated heterocycles. The summed E-state index contributed by atoms with van der Waals surface area (Å²) in [5, 5.41) is 4.30. The van der Waals surface area contributed by atoms with Crippen LogP contribution in [0.25, 0.3) is 5.57 Å². The van der Waals surface area contributed by atoms with Crippen LogP contribution < -0.4 is 5.32 Å². The third-order valence-electron chi connectivity index (χ3n) is 3.31. The summed E-state index contributed by atoms with van der Waals surface area (Å²) in [5.41, 5.74) is 1.23. The van der Waals surface area contributed by atoms with Crippen LogP contribution in [0, 0.1) is 0 Å². The van der Waals surface area contributed by atoms with Crippen molar-refractivity contribution in [2.45, 2.75) is 13.0 Å². The molecule has 0 bridgehead atoms. The van der Waals surface area contributed by atoms with Crippen LogP contribution in [-0.2, 0) is 30.4 Å². The molecular weight excluding hydrogens is 372 g/mol. The maximum absolute atomic E-state index is 11.9. The van der Waals surface area contributed by atoms with Gasteiger partial charge < -0.3 is 14.2 Å². The Morgan fingerprint density at radius 2 is 1.89 bits per heavy atom. The van der Waals surface area contributed by atoms with Crippen molar-refractivity contribution in [3.63, 3.8) is 0 Å². The van der Waals surface area contributed by atoms with Gasteiger partial charge in [-0.2, -0.15) is 0 Å². The lowest BCUT2D eigenvalue weighted by Gasteiger charge is -2.05. The monoisotopic (exact) mass is 390 g/mol. The molecule has 1 N–H and O–H groups in total. The van der Waals surface area contributed by atoms with Crippen molar-refractivity contribution in [3.05, 3.63) is 53.0 Å². The molecule has 0 unspecified atom stereocenters. The number of nitrogens with one attached hydrogen (secondary N) is 1. The molecule has 2 aromatic rings. The number of benzene rings is 1. The highest BCUT2D eigenvalue weighted by Crippen LogP contribution is 2.23. The Morgan fingerprint density at radius 1 is 1.15 bits per heavy atom. The van der Waals surface area contributed by atoms with E-state index in [0.29, 0.717) is 0 Å². The highest BCUT2D eigenvalue weighted by atomic mass is 32.1. The Morgan fingerprint density at radius 3 is 2.56 bits per heavy atom. The van der Waals surface area contributed by atoms with E-state index in [9.17, 15) is 14.4 Å². The van der Waals surface area contributed by atoms with Crippen molar-refractivity contribution < 1.29 is 28.6 Å². The van der Waals surface area contributed by atoms with E-state index in [1.165, 1.54) is 20.3 Å². The number of aromatic nitrogens is 1. The van der Waals surface area contributed by atoms with Gasteiger partial charge in [0, 0.05) is 5.38 Å². The molecule has 0 radical (unpaired) electrons. The molecule has 8 nitrogen and oxygen atoms in total. The minimum Gasteiger partial charge on any atom is -0.469 e. The second kappa shape index (κ2) is 10.1. The van der Waals surface area contributed by atoms with Crippen LogP contribution in [0.2, 0.25) is 0 Å². The van der Waals surface area contributed by atoms with Crippen LogP contribution in [0.3, 0.4) is 0 Å². The maximum Gasteiger partial charge on any atom is 0.413 e. The molecule has 1 aromatic carbocycles. The van der Waals surface area contributed by atoms with Crippen molar-refractivity contribution in [1.82, 2.24) is 4.98 Å². The Hall–Kier alpha value is -3.20. The molecule has 1 heterocycles. The lowest BCUT2D eigenvalue weighted by Crippen LogP contribution is -2.13. The van der Waals surface area contributed by atoms with Gasteiger partial charge in [0.15, 0.2) is 5.13 Å². The van der Waals surface area contributed by atoms with Gasteiger partial charge in [-0.05, 0) is 5.56 Å². The van der Waals surface area contributed by atoms with Crippen molar-refractivity contribution in [2.75, 3.05) is 19.5 Å². The topological polar surface area (TPSA) is 104 Å². The number of rotatable bonds is 7. The number of carbonyl (C=O) groups excluding carboxylic acids is 3. The van der Waals surface area contributed by atoms with Crippen molar-refractivity contribution in [1.29, 1.82) is 0 Å². The Labute approximate surface area is 159 Å². The summed E-state index contributed by atoms with van der Waals surface area (Å²) in [6, 6.07) is 9.23. The van der Waals surface area contributed by atoms with E-state index in [1.807, 2.05) is 30.3 Å². The number of ether oxygens (including phenoxy) is 3. The van der Waals surface area contributed by atoms with Crippen LogP contribution in [0.5, 0.6) is 0 Å². The lowest BCUT2D eigenvalue weighted by atomic mass is 10.1. The first-order valence-corrected chi connectivity index (χ1v) is 8.70. The first kappa shape index (κ1) is 20.1. The molecule has 142 valence electrons. The van der Waals surface area contributed by atoms with Crippen LogP contribution in [-0.4, -0.2) is 37.2 Å². The molecular formula is C18H18N2O6S. The SMILES string of the molecule is COC(=O)C/C=C(\C(=O)OC)c1csc(NC(=O)OCc2ccccc2)n1. The van der Waals surface area contributed by atoms with Gasteiger partial charge in [-0.15, -0.1) is 11.3 Å². The largest absolute Gasteiger partial charge is 0.469 e. The summed E-state index contributed by atoms with van der Waals surface area (Å²) in [6.07, 6.45) is 0.586. The number of thiazole rings is 1. The van der Waals surface area contributed by atoms with Crippen LogP contribution in [0.15, 0.2) is 41.8 Å². The number of methoxy groups -OCH3 is 2. The molecule has 2 rings (SSSR count). The zero-order valence-electron chi connectivity index (χ0n) is 14.8. The molecule has 0 aliphatic rings. The Balaban J connectivity index is 2.01. The Bertz CT molecular complexity index is 831. The maximum atomic E-state index is 11.9. The van der Waals surface area contributed by atoms with Crippen LogP contribution >= 0.6 is 11.3 Å². The minimum absolute atomic E-state index is 0.102. The second-order valence-corrected chi connectivity index (χ2v) is 5.97. The van der Waals surface area contributed by atoms with Gasteiger partial charge in [-0.1, -0.05) is 36.4 Å². The summed E-state index contributed by atoms with van der Waals surface area (Å²) in [4.78, 5) is 39.2. The smallest absolute Gasteiger partial charge is 0.413 e. The molecule has 0 saturated carbocycles. The average Bonchev–Trinajstić information content (AvgIpc) is 3.14. The zero-order valence-corrected chi connectivity index (χ0v) is 15.6. The van der Waals surface area contributed by atoms with E-state index in [0.717, 1.165) is 16.9 Å².